The lowest BCUT2D eigenvalue weighted by molar-refractivity contribution is -0.132. The topological polar surface area (TPSA) is 79.7 Å². The van der Waals surface area contributed by atoms with E-state index >= 15 is 0 Å². The Morgan fingerprint density at radius 3 is 2.33 bits per heavy atom. The highest BCUT2D eigenvalue weighted by Gasteiger charge is 2.47. The second-order valence-electron chi connectivity index (χ2n) is 9.54. The van der Waals surface area contributed by atoms with E-state index in [0.29, 0.717) is 29.3 Å². The first-order valence-corrected chi connectivity index (χ1v) is 12.3. The molecule has 0 spiro atoms. The quantitative estimate of drug-likeness (QED) is 0.240. The number of ether oxygens (including phenoxy) is 1. The van der Waals surface area contributed by atoms with Crippen LogP contribution in [0.5, 0.6) is 5.75 Å². The maximum Gasteiger partial charge on any atom is 0.300 e. The molecule has 36 heavy (non-hydrogen) atoms. The zero-order valence-electron chi connectivity index (χ0n) is 21.4. The number of aliphatic hydroxyl groups excluding tert-OH is 1. The van der Waals surface area contributed by atoms with Gasteiger partial charge in [0, 0.05) is 23.6 Å². The van der Waals surface area contributed by atoms with Gasteiger partial charge in [-0.05, 0) is 71.8 Å². The van der Waals surface area contributed by atoms with Gasteiger partial charge in [0.05, 0.1) is 18.2 Å². The molecule has 0 saturated carbocycles. The molecular formula is C30H32N2O4. The molecule has 1 atom stereocenters. The second-order valence-corrected chi connectivity index (χ2v) is 9.54. The maximum atomic E-state index is 13.4. The summed E-state index contributed by atoms with van der Waals surface area (Å²) in [6, 6.07) is 15.7. The molecule has 2 aromatic carbocycles. The minimum atomic E-state index is -0.808. The van der Waals surface area contributed by atoms with E-state index in [1.807, 2.05) is 57.2 Å². The van der Waals surface area contributed by atoms with E-state index in [9.17, 15) is 14.7 Å². The molecule has 1 amide bonds. The monoisotopic (exact) mass is 484 g/mol. The lowest BCUT2D eigenvalue weighted by atomic mass is 9.93. The average Bonchev–Trinajstić information content (AvgIpc) is 3.14. The Kier molecular flexibility index (Phi) is 7.25. The van der Waals surface area contributed by atoms with Gasteiger partial charge >= 0.3 is 0 Å². The predicted molar refractivity (Wildman–Crippen MR) is 141 cm³/mol. The largest absolute Gasteiger partial charge is 0.507 e. The zero-order chi connectivity index (χ0) is 26.0. The van der Waals surface area contributed by atoms with Gasteiger partial charge < -0.3 is 9.84 Å². The first-order chi connectivity index (χ1) is 17.2. The Hall–Kier alpha value is -3.93. The highest BCUT2D eigenvalue weighted by molar-refractivity contribution is 6.51. The second kappa shape index (κ2) is 10.4. The third kappa shape index (κ3) is 4.63. The third-order valence-corrected chi connectivity index (χ3v) is 6.49. The molecule has 1 saturated heterocycles. The standard InChI is InChI=1S/C30H32N2O4/c1-6-36-25-14-11-21(16-24(25)19(4)5)28(33)26-27(22-8-7-15-31-17-22)32(30(35)29(26)34)23-12-9-20(10-13-23)18(2)3/h7-19,27,33H,6H2,1-5H3/b28-26-. The fourth-order valence-electron chi connectivity index (χ4n) is 4.56. The van der Waals surface area contributed by atoms with E-state index < -0.39 is 17.7 Å². The van der Waals surface area contributed by atoms with Crippen molar-refractivity contribution < 1.29 is 19.4 Å². The molecular weight excluding hydrogens is 452 g/mol. The summed E-state index contributed by atoms with van der Waals surface area (Å²) in [7, 11) is 0. The van der Waals surface area contributed by atoms with Crippen LogP contribution in [0.15, 0.2) is 72.6 Å². The Labute approximate surface area is 212 Å². The van der Waals surface area contributed by atoms with Crippen LogP contribution in [0.25, 0.3) is 5.76 Å². The van der Waals surface area contributed by atoms with Crippen molar-refractivity contribution in [2.75, 3.05) is 11.5 Å². The van der Waals surface area contributed by atoms with Crippen LogP contribution < -0.4 is 9.64 Å². The Morgan fingerprint density at radius 2 is 1.75 bits per heavy atom. The van der Waals surface area contributed by atoms with E-state index in [0.717, 1.165) is 16.9 Å². The van der Waals surface area contributed by atoms with Crippen LogP contribution in [-0.4, -0.2) is 28.4 Å². The molecule has 1 aliphatic heterocycles. The van der Waals surface area contributed by atoms with Crippen molar-refractivity contribution in [3.63, 3.8) is 0 Å². The third-order valence-electron chi connectivity index (χ3n) is 6.49. The minimum Gasteiger partial charge on any atom is -0.507 e. The number of ketones is 1. The van der Waals surface area contributed by atoms with Gasteiger partial charge in [-0.3, -0.25) is 19.5 Å². The molecule has 4 rings (SSSR count). The number of Topliss-reactive ketones (excluding diaryl/α,β-unsaturated/α-hetero) is 1. The number of hydrogen-bond donors (Lipinski definition) is 1. The van der Waals surface area contributed by atoms with Gasteiger partial charge in [-0.25, -0.2) is 0 Å². The smallest absolute Gasteiger partial charge is 0.300 e. The summed E-state index contributed by atoms with van der Waals surface area (Å²) in [5.74, 6) is -0.423. The molecule has 0 bridgehead atoms. The molecule has 0 radical (unpaired) electrons. The van der Waals surface area contributed by atoms with Crippen LogP contribution >= 0.6 is 0 Å². The van der Waals surface area contributed by atoms with Crippen molar-refractivity contribution in [3.8, 4) is 5.75 Å². The van der Waals surface area contributed by atoms with Crippen LogP contribution in [0.1, 0.15) is 74.8 Å². The fourth-order valence-corrected chi connectivity index (χ4v) is 4.56. The number of rotatable bonds is 7. The van der Waals surface area contributed by atoms with Crippen LogP contribution in [0.3, 0.4) is 0 Å². The molecule has 2 heterocycles. The summed E-state index contributed by atoms with van der Waals surface area (Å²) in [5, 5.41) is 11.5. The van der Waals surface area contributed by atoms with Gasteiger partial charge in [0.15, 0.2) is 0 Å². The van der Waals surface area contributed by atoms with Crippen molar-refractivity contribution in [2.24, 2.45) is 0 Å². The molecule has 1 unspecified atom stereocenters. The summed E-state index contributed by atoms with van der Waals surface area (Å²) >= 11 is 0. The van der Waals surface area contributed by atoms with E-state index in [1.165, 1.54) is 4.90 Å². The van der Waals surface area contributed by atoms with Crippen molar-refractivity contribution in [2.45, 2.75) is 52.5 Å². The number of nitrogens with zero attached hydrogens (tertiary/aromatic N) is 2. The van der Waals surface area contributed by atoms with Crippen LogP contribution in [0.4, 0.5) is 5.69 Å². The first-order valence-electron chi connectivity index (χ1n) is 12.3. The number of carbonyl (C=O) groups is 2. The Morgan fingerprint density at radius 1 is 1.03 bits per heavy atom. The first kappa shape index (κ1) is 25.2. The highest BCUT2D eigenvalue weighted by Crippen LogP contribution is 2.42. The number of benzene rings is 2. The molecule has 1 N–H and O–H groups in total. The molecule has 3 aromatic rings. The van der Waals surface area contributed by atoms with Crippen LogP contribution in [0.2, 0.25) is 0 Å². The van der Waals surface area contributed by atoms with E-state index in [-0.39, 0.29) is 17.3 Å². The Bertz CT molecular complexity index is 1290. The molecule has 6 nitrogen and oxygen atoms in total. The fraction of sp³-hybridized carbons (Fsp3) is 0.300. The summed E-state index contributed by atoms with van der Waals surface area (Å²) in [6.07, 6.45) is 3.26. The number of anilines is 1. The molecule has 1 aliphatic rings. The summed E-state index contributed by atoms with van der Waals surface area (Å²) in [5.41, 5.74) is 3.77. The number of hydrogen-bond acceptors (Lipinski definition) is 5. The highest BCUT2D eigenvalue weighted by atomic mass is 16.5. The van der Waals surface area contributed by atoms with Crippen molar-refractivity contribution >= 4 is 23.1 Å². The summed E-state index contributed by atoms with van der Waals surface area (Å²) < 4.78 is 5.75. The molecule has 0 aliphatic carbocycles. The van der Waals surface area contributed by atoms with Crippen molar-refractivity contribution in [1.82, 2.24) is 4.98 Å². The van der Waals surface area contributed by atoms with Gasteiger partial charge in [-0.1, -0.05) is 45.9 Å². The van der Waals surface area contributed by atoms with Gasteiger partial charge in [0.2, 0.25) is 0 Å². The molecule has 186 valence electrons. The van der Waals surface area contributed by atoms with Crippen molar-refractivity contribution in [1.29, 1.82) is 0 Å². The van der Waals surface area contributed by atoms with Gasteiger partial charge in [-0.2, -0.15) is 0 Å². The number of pyridine rings is 1. The predicted octanol–water partition coefficient (Wildman–Crippen LogP) is 6.35. The lowest BCUT2D eigenvalue weighted by Gasteiger charge is -2.25. The zero-order valence-corrected chi connectivity index (χ0v) is 21.4. The Balaban J connectivity index is 1.89. The van der Waals surface area contributed by atoms with Crippen molar-refractivity contribution in [3.05, 3.63) is 94.8 Å². The number of aromatic nitrogens is 1. The minimum absolute atomic E-state index is 0.0415. The number of amides is 1. The molecule has 1 fully saturated rings. The summed E-state index contributed by atoms with van der Waals surface area (Å²) in [6.45, 7) is 10.7. The van der Waals surface area contributed by atoms with E-state index in [4.69, 9.17) is 4.74 Å². The number of aliphatic hydroxyl groups is 1. The van der Waals surface area contributed by atoms with Gasteiger partial charge in [0.25, 0.3) is 11.7 Å². The lowest BCUT2D eigenvalue weighted by Crippen LogP contribution is -2.29. The van der Waals surface area contributed by atoms with E-state index in [2.05, 4.69) is 18.8 Å². The van der Waals surface area contributed by atoms with Gasteiger partial charge in [-0.15, -0.1) is 0 Å². The molecule has 6 heteroatoms. The SMILES string of the molecule is CCOc1ccc(/C(O)=C2/C(=O)C(=O)N(c3ccc(C(C)C)cc3)C2c2cccnc2)cc1C(C)C. The van der Waals surface area contributed by atoms with Crippen LogP contribution in [0, 0.1) is 0 Å². The van der Waals surface area contributed by atoms with E-state index in [1.54, 1.807) is 30.6 Å². The maximum absolute atomic E-state index is 13.4. The normalized spacial score (nSPS) is 17.3. The molecule has 1 aromatic heterocycles. The average molecular weight is 485 g/mol. The van der Waals surface area contributed by atoms with Gasteiger partial charge in [0.1, 0.15) is 11.5 Å². The summed E-state index contributed by atoms with van der Waals surface area (Å²) in [4.78, 5) is 32.4. The van der Waals surface area contributed by atoms with Crippen LogP contribution in [-0.2, 0) is 9.59 Å². The number of carbonyl (C=O) groups excluding carboxylic acids is 2.